The van der Waals surface area contributed by atoms with E-state index < -0.39 is 11.9 Å². The van der Waals surface area contributed by atoms with Crippen LogP contribution in [0.25, 0.3) is 10.9 Å². The smallest absolute Gasteiger partial charge is 0.270 e. The van der Waals surface area contributed by atoms with Gasteiger partial charge >= 0.3 is 0 Å². The van der Waals surface area contributed by atoms with Crippen molar-refractivity contribution in [2.24, 2.45) is 18.5 Å². The van der Waals surface area contributed by atoms with E-state index in [0.717, 1.165) is 10.9 Å². The van der Waals surface area contributed by atoms with Crippen LogP contribution in [0.1, 0.15) is 23.3 Å². The largest absolute Gasteiger partial charge is 0.372 e. The van der Waals surface area contributed by atoms with Gasteiger partial charge in [-0.2, -0.15) is 0 Å². The second kappa shape index (κ2) is 8.08. The van der Waals surface area contributed by atoms with E-state index in [1.54, 1.807) is 4.90 Å². The predicted octanol–water partition coefficient (Wildman–Crippen LogP) is -0.177. The first kappa shape index (κ1) is 20.4. The van der Waals surface area contributed by atoms with Crippen molar-refractivity contribution in [2.75, 3.05) is 26.2 Å². The van der Waals surface area contributed by atoms with Crippen molar-refractivity contribution in [3.63, 3.8) is 0 Å². The average Bonchev–Trinajstić information content (AvgIpc) is 3.32. The normalized spacial score (nSPS) is 22.2. The number of hydrogen-bond acceptors (Lipinski definition) is 5. The van der Waals surface area contributed by atoms with Gasteiger partial charge in [0, 0.05) is 44.0 Å². The molecule has 2 aliphatic rings. The van der Waals surface area contributed by atoms with Crippen molar-refractivity contribution in [3.05, 3.63) is 36.0 Å². The molecule has 160 valence electrons. The van der Waals surface area contributed by atoms with Crippen molar-refractivity contribution in [2.45, 2.75) is 31.0 Å². The first-order valence-electron chi connectivity index (χ1n) is 10.2. The first-order chi connectivity index (χ1) is 14.4. The summed E-state index contributed by atoms with van der Waals surface area (Å²) in [6.07, 6.45) is 0.131. The fourth-order valence-electron chi connectivity index (χ4n) is 4.36. The lowest BCUT2D eigenvalue weighted by Gasteiger charge is -2.36. The number of primary amides is 1. The maximum Gasteiger partial charge on any atom is 0.270 e. The van der Waals surface area contributed by atoms with Crippen molar-refractivity contribution in [1.82, 2.24) is 14.4 Å². The van der Waals surface area contributed by atoms with Crippen molar-refractivity contribution in [3.8, 4) is 0 Å². The number of nitrogens with zero attached hydrogens (tertiary/aromatic N) is 3. The number of ether oxygens (including phenoxy) is 1. The molecule has 2 fully saturated rings. The number of para-hydroxylation sites is 1. The molecule has 2 aromatic rings. The molecule has 3 amide bonds. The number of nitrogens with two attached hydrogens (primary N) is 2. The zero-order chi connectivity index (χ0) is 21.4. The average molecular weight is 413 g/mol. The van der Waals surface area contributed by atoms with Gasteiger partial charge in [-0.3, -0.25) is 14.4 Å². The molecule has 9 nitrogen and oxygen atoms in total. The third kappa shape index (κ3) is 3.66. The highest BCUT2D eigenvalue weighted by molar-refractivity contribution is 5.99. The number of aromatic nitrogens is 1. The summed E-state index contributed by atoms with van der Waals surface area (Å²) in [5, 5.41) is 1.02. The molecular weight excluding hydrogens is 386 g/mol. The van der Waals surface area contributed by atoms with Crippen LogP contribution in [-0.2, 0) is 21.4 Å². The van der Waals surface area contributed by atoms with Crippen LogP contribution >= 0.6 is 0 Å². The molecule has 0 unspecified atom stereocenters. The van der Waals surface area contributed by atoms with Gasteiger partial charge in [0.2, 0.25) is 11.8 Å². The van der Waals surface area contributed by atoms with Gasteiger partial charge in [0.05, 0.1) is 24.8 Å². The third-order valence-electron chi connectivity index (χ3n) is 6.12. The highest BCUT2D eigenvalue weighted by Crippen LogP contribution is 2.27. The summed E-state index contributed by atoms with van der Waals surface area (Å²) in [6.45, 7) is 1.75. The number of likely N-dealkylation sites (tertiary alicyclic amines) is 1. The Morgan fingerprint density at radius 1 is 1.23 bits per heavy atom. The Labute approximate surface area is 174 Å². The van der Waals surface area contributed by atoms with Crippen molar-refractivity contribution < 1.29 is 19.1 Å². The minimum absolute atomic E-state index is 0.0583. The van der Waals surface area contributed by atoms with Crippen LogP contribution in [0.4, 0.5) is 0 Å². The summed E-state index contributed by atoms with van der Waals surface area (Å²) < 4.78 is 7.77. The summed E-state index contributed by atoms with van der Waals surface area (Å²) in [7, 11) is 1.89. The van der Waals surface area contributed by atoms with Crippen LogP contribution in [0.2, 0.25) is 0 Å². The second-order valence-electron chi connectivity index (χ2n) is 7.97. The van der Waals surface area contributed by atoms with Crippen LogP contribution in [0.3, 0.4) is 0 Å². The molecule has 1 aromatic heterocycles. The zero-order valence-corrected chi connectivity index (χ0v) is 17.0. The minimum atomic E-state index is -0.834. The molecule has 0 saturated carbocycles. The molecule has 2 aliphatic heterocycles. The number of carbonyl (C=O) groups is 3. The Morgan fingerprint density at radius 2 is 2.00 bits per heavy atom. The van der Waals surface area contributed by atoms with Gasteiger partial charge in [0.25, 0.3) is 5.91 Å². The van der Waals surface area contributed by atoms with Gasteiger partial charge in [-0.15, -0.1) is 0 Å². The van der Waals surface area contributed by atoms with Gasteiger partial charge < -0.3 is 30.6 Å². The molecule has 2 saturated heterocycles. The predicted molar refractivity (Wildman–Crippen MR) is 110 cm³/mol. The van der Waals surface area contributed by atoms with E-state index >= 15 is 0 Å². The molecule has 4 rings (SSSR count). The molecule has 0 aliphatic carbocycles. The van der Waals surface area contributed by atoms with Crippen LogP contribution in [0.5, 0.6) is 0 Å². The van der Waals surface area contributed by atoms with Gasteiger partial charge in [-0.05, 0) is 18.6 Å². The molecule has 0 spiro atoms. The molecule has 1 aromatic carbocycles. The Bertz CT molecular complexity index is 987. The molecule has 0 radical (unpaired) electrons. The maximum absolute atomic E-state index is 13.4. The highest BCUT2D eigenvalue weighted by Gasteiger charge is 2.44. The topological polar surface area (TPSA) is 124 Å². The molecule has 3 atom stereocenters. The van der Waals surface area contributed by atoms with E-state index in [4.69, 9.17) is 16.2 Å². The lowest BCUT2D eigenvalue weighted by Crippen LogP contribution is -2.53. The van der Waals surface area contributed by atoms with Gasteiger partial charge in [-0.1, -0.05) is 18.2 Å². The number of carbonyl (C=O) groups excluding carboxylic acids is 3. The summed E-state index contributed by atoms with van der Waals surface area (Å²) in [6, 6.07) is 8.75. The Balaban J connectivity index is 1.48. The van der Waals surface area contributed by atoms with Gasteiger partial charge in [0.1, 0.15) is 5.69 Å². The summed E-state index contributed by atoms with van der Waals surface area (Å²) in [5.74, 6) is -0.785. The van der Waals surface area contributed by atoms with E-state index in [0.29, 0.717) is 31.9 Å². The fourth-order valence-corrected chi connectivity index (χ4v) is 4.36. The molecule has 0 bridgehead atoms. The number of rotatable bonds is 5. The standard InChI is InChI=1S/C21H27N5O4/c1-24-15-5-3-2-4-13(15)10-16(24)21(29)26-8-9-30-18-12-25(11-17(18)26)19(27)7-6-14(22)20(23)28/h2-5,10,14,17-18H,6-9,11-12,22H2,1H3,(H2,23,28)/t14-,17-,18+/m0/s1. The molecule has 9 heteroatoms. The second-order valence-corrected chi connectivity index (χ2v) is 7.97. The first-order valence-corrected chi connectivity index (χ1v) is 10.2. The van der Waals surface area contributed by atoms with E-state index in [2.05, 4.69) is 0 Å². The number of benzene rings is 1. The lowest BCUT2D eigenvalue weighted by molar-refractivity contribution is -0.131. The number of hydrogen-bond donors (Lipinski definition) is 2. The van der Waals surface area contributed by atoms with E-state index in [-0.39, 0.29) is 36.8 Å². The summed E-state index contributed by atoms with van der Waals surface area (Å²) in [5.41, 5.74) is 12.4. The molecule has 30 heavy (non-hydrogen) atoms. The van der Waals surface area contributed by atoms with E-state index in [1.807, 2.05) is 46.8 Å². The number of fused-ring (bicyclic) bond motifs is 2. The van der Waals surface area contributed by atoms with Crippen LogP contribution in [-0.4, -0.2) is 76.5 Å². The quantitative estimate of drug-likeness (QED) is 0.704. The third-order valence-corrected chi connectivity index (χ3v) is 6.12. The fraction of sp³-hybridized carbons (Fsp3) is 0.476. The number of amides is 3. The van der Waals surface area contributed by atoms with Gasteiger partial charge in [0.15, 0.2) is 0 Å². The molecule has 3 heterocycles. The molecule has 4 N–H and O–H groups in total. The van der Waals surface area contributed by atoms with Crippen molar-refractivity contribution in [1.29, 1.82) is 0 Å². The Kier molecular flexibility index (Phi) is 5.48. The summed E-state index contributed by atoms with van der Waals surface area (Å²) >= 11 is 0. The van der Waals surface area contributed by atoms with Crippen molar-refractivity contribution >= 4 is 28.6 Å². The maximum atomic E-state index is 13.4. The van der Waals surface area contributed by atoms with Crippen LogP contribution in [0.15, 0.2) is 30.3 Å². The highest BCUT2D eigenvalue weighted by atomic mass is 16.5. The van der Waals surface area contributed by atoms with E-state index in [1.165, 1.54) is 0 Å². The van der Waals surface area contributed by atoms with Crippen LogP contribution < -0.4 is 11.5 Å². The Hall–Kier alpha value is -2.91. The number of morpholine rings is 1. The van der Waals surface area contributed by atoms with Gasteiger partial charge in [-0.25, -0.2) is 0 Å². The monoisotopic (exact) mass is 413 g/mol. The molecular formula is C21H27N5O4. The Morgan fingerprint density at radius 3 is 2.73 bits per heavy atom. The zero-order valence-electron chi connectivity index (χ0n) is 17.0. The number of aryl methyl sites for hydroxylation is 1. The lowest BCUT2D eigenvalue weighted by atomic mass is 10.1. The SMILES string of the molecule is Cn1c(C(=O)N2CCO[C@@H]3CN(C(=O)CC[C@H](N)C(N)=O)C[C@@H]32)cc2ccccc21. The van der Waals surface area contributed by atoms with Crippen LogP contribution in [0, 0.1) is 0 Å². The minimum Gasteiger partial charge on any atom is -0.372 e. The van der Waals surface area contributed by atoms with E-state index in [9.17, 15) is 14.4 Å². The summed E-state index contributed by atoms with van der Waals surface area (Å²) in [4.78, 5) is 40.6.